The van der Waals surface area contributed by atoms with E-state index in [9.17, 15) is 4.79 Å². The Balaban J connectivity index is 2.29. The standard InChI is InChI=1S/C22H40O2/c1-9-19(4,5)18(23)24-21(8)13-14-22(10-2)16(3)11-12-17(22)20(6,7)15-21/h16-17H,9-15H2,1-8H3. The van der Waals surface area contributed by atoms with E-state index in [0.717, 1.165) is 31.1 Å². The number of fused-ring (bicyclic) bond motifs is 1. The zero-order valence-corrected chi connectivity index (χ0v) is 17.4. The fourth-order valence-electron chi connectivity index (χ4n) is 5.96. The number of carbonyl (C=O) groups excluding carboxylic acids is 1. The number of carbonyl (C=O) groups is 1. The molecule has 2 fully saturated rings. The van der Waals surface area contributed by atoms with Crippen LogP contribution < -0.4 is 0 Å². The molecule has 2 saturated carbocycles. The topological polar surface area (TPSA) is 26.3 Å². The summed E-state index contributed by atoms with van der Waals surface area (Å²) in [5.74, 6) is 1.52. The maximum atomic E-state index is 12.7. The van der Waals surface area contributed by atoms with Crippen molar-refractivity contribution in [1.29, 1.82) is 0 Å². The molecule has 0 aliphatic heterocycles. The van der Waals surface area contributed by atoms with E-state index in [2.05, 4.69) is 41.5 Å². The summed E-state index contributed by atoms with van der Waals surface area (Å²) in [6, 6.07) is 0. The second-order valence-corrected chi connectivity index (χ2v) is 10.4. The molecule has 2 nitrogen and oxygen atoms in total. The van der Waals surface area contributed by atoms with Crippen LogP contribution in [0.4, 0.5) is 0 Å². The molecule has 0 aromatic carbocycles. The molecule has 0 aromatic heterocycles. The molecule has 2 rings (SSSR count). The summed E-state index contributed by atoms with van der Waals surface area (Å²) in [6.07, 6.45) is 7.99. The fourth-order valence-corrected chi connectivity index (χ4v) is 5.96. The summed E-state index contributed by atoms with van der Waals surface area (Å²) < 4.78 is 6.20. The number of hydrogen-bond acceptors (Lipinski definition) is 2. The minimum atomic E-state index is -0.384. The smallest absolute Gasteiger partial charge is 0.312 e. The summed E-state index contributed by atoms with van der Waals surface area (Å²) in [5, 5.41) is 0. The van der Waals surface area contributed by atoms with Gasteiger partial charge in [-0.3, -0.25) is 4.79 Å². The van der Waals surface area contributed by atoms with Crippen molar-refractivity contribution in [3.63, 3.8) is 0 Å². The first kappa shape index (κ1) is 19.8. The molecule has 0 saturated heterocycles. The van der Waals surface area contributed by atoms with Crippen LogP contribution in [-0.4, -0.2) is 11.6 Å². The van der Waals surface area contributed by atoms with Gasteiger partial charge in [0.2, 0.25) is 0 Å². The van der Waals surface area contributed by atoms with Gasteiger partial charge in [0, 0.05) is 0 Å². The number of esters is 1. The van der Waals surface area contributed by atoms with Crippen LogP contribution in [0.1, 0.15) is 100 Å². The van der Waals surface area contributed by atoms with E-state index in [1.54, 1.807) is 0 Å². The van der Waals surface area contributed by atoms with Crippen molar-refractivity contribution >= 4 is 5.97 Å². The van der Waals surface area contributed by atoms with Gasteiger partial charge in [-0.15, -0.1) is 0 Å². The molecule has 2 aliphatic carbocycles. The van der Waals surface area contributed by atoms with E-state index in [4.69, 9.17) is 4.74 Å². The monoisotopic (exact) mass is 336 g/mol. The Morgan fingerprint density at radius 2 is 1.75 bits per heavy atom. The van der Waals surface area contributed by atoms with Crippen LogP contribution in [-0.2, 0) is 9.53 Å². The normalized spacial score (nSPS) is 39.2. The first-order valence-electron chi connectivity index (χ1n) is 10.2. The van der Waals surface area contributed by atoms with Gasteiger partial charge in [-0.25, -0.2) is 0 Å². The molecule has 0 N–H and O–H groups in total. The second-order valence-electron chi connectivity index (χ2n) is 10.4. The number of hydrogen-bond donors (Lipinski definition) is 0. The van der Waals surface area contributed by atoms with Gasteiger partial charge in [-0.1, -0.05) is 34.6 Å². The average Bonchev–Trinajstić information content (AvgIpc) is 2.78. The third-order valence-corrected chi connectivity index (χ3v) is 7.89. The van der Waals surface area contributed by atoms with Gasteiger partial charge >= 0.3 is 5.97 Å². The quantitative estimate of drug-likeness (QED) is 0.557. The average molecular weight is 337 g/mol. The maximum Gasteiger partial charge on any atom is 0.312 e. The predicted molar refractivity (Wildman–Crippen MR) is 101 cm³/mol. The minimum absolute atomic E-state index is 0.0195. The highest BCUT2D eigenvalue weighted by molar-refractivity contribution is 5.76. The lowest BCUT2D eigenvalue weighted by atomic mass is 9.60. The molecule has 24 heavy (non-hydrogen) atoms. The fraction of sp³-hybridized carbons (Fsp3) is 0.955. The Morgan fingerprint density at radius 3 is 2.29 bits per heavy atom. The highest BCUT2D eigenvalue weighted by Crippen LogP contribution is 2.63. The van der Waals surface area contributed by atoms with Gasteiger partial charge in [0.1, 0.15) is 5.60 Å². The van der Waals surface area contributed by atoms with E-state index >= 15 is 0 Å². The lowest BCUT2D eigenvalue weighted by Gasteiger charge is -2.45. The van der Waals surface area contributed by atoms with E-state index in [-0.39, 0.29) is 22.4 Å². The first-order valence-corrected chi connectivity index (χ1v) is 10.2. The molecule has 2 heteroatoms. The molecule has 0 aromatic rings. The molecule has 0 radical (unpaired) electrons. The van der Waals surface area contributed by atoms with Crippen molar-refractivity contribution in [3.8, 4) is 0 Å². The second kappa shape index (κ2) is 6.32. The Hall–Kier alpha value is -0.530. The molecule has 0 spiro atoms. The lowest BCUT2D eigenvalue weighted by Crippen LogP contribution is -2.41. The highest BCUT2D eigenvalue weighted by Gasteiger charge is 2.57. The molecule has 140 valence electrons. The summed E-state index contributed by atoms with van der Waals surface area (Å²) in [7, 11) is 0. The van der Waals surface area contributed by atoms with Crippen molar-refractivity contribution < 1.29 is 9.53 Å². The zero-order chi connectivity index (χ0) is 18.4. The molecule has 0 bridgehead atoms. The van der Waals surface area contributed by atoms with Crippen molar-refractivity contribution in [2.75, 3.05) is 0 Å². The summed E-state index contributed by atoms with van der Waals surface area (Å²) >= 11 is 0. The van der Waals surface area contributed by atoms with Crippen LogP contribution in [0.15, 0.2) is 0 Å². The highest BCUT2D eigenvalue weighted by atomic mass is 16.6. The minimum Gasteiger partial charge on any atom is -0.459 e. The number of ether oxygens (including phenoxy) is 1. The van der Waals surface area contributed by atoms with Crippen molar-refractivity contribution in [1.82, 2.24) is 0 Å². The van der Waals surface area contributed by atoms with Gasteiger partial charge < -0.3 is 4.74 Å². The first-order chi connectivity index (χ1) is 10.9. The maximum absolute atomic E-state index is 12.7. The van der Waals surface area contributed by atoms with Crippen LogP contribution in [0.2, 0.25) is 0 Å². The molecule has 4 atom stereocenters. The van der Waals surface area contributed by atoms with Crippen LogP contribution in [0.25, 0.3) is 0 Å². The van der Waals surface area contributed by atoms with Gasteiger partial charge in [0.25, 0.3) is 0 Å². The van der Waals surface area contributed by atoms with Crippen molar-refractivity contribution in [2.24, 2.45) is 28.1 Å². The Morgan fingerprint density at radius 1 is 1.12 bits per heavy atom. The largest absolute Gasteiger partial charge is 0.459 e. The van der Waals surface area contributed by atoms with Crippen molar-refractivity contribution in [2.45, 2.75) is 106 Å². The van der Waals surface area contributed by atoms with Gasteiger partial charge in [-0.2, -0.15) is 0 Å². The Bertz CT molecular complexity index is 478. The van der Waals surface area contributed by atoms with E-state index in [1.165, 1.54) is 25.7 Å². The van der Waals surface area contributed by atoms with Crippen LogP contribution in [0.5, 0.6) is 0 Å². The lowest BCUT2D eigenvalue weighted by molar-refractivity contribution is -0.172. The van der Waals surface area contributed by atoms with Gasteiger partial charge in [-0.05, 0) is 88.4 Å². The van der Waals surface area contributed by atoms with Crippen molar-refractivity contribution in [3.05, 3.63) is 0 Å². The molecular formula is C22H40O2. The van der Waals surface area contributed by atoms with E-state index in [1.807, 2.05) is 13.8 Å². The third kappa shape index (κ3) is 3.27. The Kier molecular flexibility index (Phi) is 5.21. The van der Waals surface area contributed by atoms with Gasteiger partial charge in [0.15, 0.2) is 0 Å². The third-order valence-electron chi connectivity index (χ3n) is 7.89. The zero-order valence-electron chi connectivity index (χ0n) is 17.4. The number of rotatable bonds is 4. The van der Waals surface area contributed by atoms with E-state index < -0.39 is 0 Å². The summed E-state index contributed by atoms with van der Waals surface area (Å²) in [4.78, 5) is 12.7. The van der Waals surface area contributed by atoms with Gasteiger partial charge in [0.05, 0.1) is 5.41 Å². The van der Waals surface area contributed by atoms with Crippen LogP contribution >= 0.6 is 0 Å². The van der Waals surface area contributed by atoms with Crippen LogP contribution in [0.3, 0.4) is 0 Å². The Labute approximate surface area is 150 Å². The molecular weight excluding hydrogens is 296 g/mol. The van der Waals surface area contributed by atoms with Crippen LogP contribution in [0, 0.1) is 28.1 Å². The predicted octanol–water partition coefficient (Wildman–Crippen LogP) is 6.38. The van der Waals surface area contributed by atoms with E-state index in [0.29, 0.717) is 5.41 Å². The summed E-state index contributed by atoms with van der Waals surface area (Å²) in [6.45, 7) is 17.9. The SMILES string of the molecule is CCC(C)(C)C(=O)OC1(C)CCC2(CC)C(C)CCC2C(C)(C)C1. The molecule has 2 aliphatic rings. The molecule has 4 unspecified atom stereocenters. The molecule has 0 heterocycles. The molecule has 0 amide bonds. The summed E-state index contributed by atoms with van der Waals surface area (Å²) in [5.41, 5.74) is -0.0408.